The highest BCUT2D eigenvalue weighted by molar-refractivity contribution is 7.17. The molecule has 1 unspecified atom stereocenters. The van der Waals surface area contributed by atoms with Crippen molar-refractivity contribution in [3.63, 3.8) is 0 Å². The van der Waals surface area contributed by atoms with Crippen LogP contribution >= 0.6 is 11.3 Å². The number of carbonyl (C=O) groups is 2. The van der Waals surface area contributed by atoms with Crippen molar-refractivity contribution >= 4 is 39.3 Å². The van der Waals surface area contributed by atoms with Crippen LogP contribution in [-0.2, 0) is 4.74 Å². The van der Waals surface area contributed by atoms with E-state index in [1.807, 2.05) is 37.3 Å². The van der Waals surface area contributed by atoms with Gasteiger partial charge >= 0.3 is 5.97 Å². The molecule has 0 aliphatic carbocycles. The molecular formula is C29H28N2O6S. The molecule has 3 heterocycles. The van der Waals surface area contributed by atoms with Crippen LogP contribution in [0, 0.1) is 13.8 Å². The lowest BCUT2D eigenvalue weighted by atomic mass is 9.98. The summed E-state index contributed by atoms with van der Waals surface area (Å²) in [6.45, 7) is 8.24. The van der Waals surface area contributed by atoms with Crippen molar-refractivity contribution in [3.05, 3.63) is 85.7 Å². The summed E-state index contributed by atoms with van der Waals surface area (Å²) in [4.78, 5) is 46.4. The second-order valence-corrected chi connectivity index (χ2v) is 10.1. The molecule has 2 aromatic heterocycles. The van der Waals surface area contributed by atoms with Crippen molar-refractivity contribution in [2.75, 3.05) is 18.1 Å². The Morgan fingerprint density at radius 3 is 2.58 bits per heavy atom. The van der Waals surface area contributed by atoms with E-state index in [2.05, 4.69) is 11.9 Å². The number of esters is 1. The molecular weight excluding hydrogens is 504 g/mol. The Morgan fingerprint density at radius 2 is 1.87 bits per heavy atom. The average molecular weight is 533 g/mol. The first kappa shape index (κ1) is 25.7. The van der Waals surface area contributed by atoms with Crippen LogP contribution in [0.3, 0.4) is 0 Å². The molecule has 1 aliphatic rings. The van der Waals surface area contributed by atoms with Gasteiger partial charge in [-0.1, -0.05) is 48.4 Å². The number of nitrogens with zero attached hydrogens (tertiary/aromatic N) is 2. The molecule has 0 radical (unpaired) electrons. The maximum absolute atomic E-state index is 13.8. The summed E-state index contributed by atoms with van der Waals surface area (Å²) in [5.74, 6) is -0.310. The fourth-order valence-corrected chi connectivity index (χ4v) is 5.54. The van der Waals surface area contributed by atoms with Crippen molar-refractivity contribution in [1.82, 2.24) is 4.98 Å². The molecule has 9 heteroatoms. The lowest BCUT2D eigenvalue weighted by Crippen LogP contribution is -2.29. The quantitative estimate of drug-likeness (QED) is 0.204. The van der Waals surface area contributed by atoms with Crippen LogP contribution in [0.15, 0.2) is 51.7 Å². The second-order valence-electron chi connectivity index (χ2n) is 9.15. The smallest absolute Gasteiger partial charge is 0.350 e. The maximum Gasteiger partial charge on any atom is 0.350 e. The number of unbranched alkanes of at least 4 members (excludes halogenated alkanes) is 1. The number of aromatic nitrogens is 1. The Balaban J connectivity index is 1.66. The number of ether oxygens (including phenoxy) is 2. The molecule has 1 atom stereocenters. The van der Waals surface area contributed by atoms with Crippen molar-refractivity contribution in [3.8, 4) is 5.75 Å². The Labute approximate surface area is 223 Å². The number of hydrogen-bond acceptors (Lipinski definition) is 8. The molecule has 0 saturated heterocycles. The topological polar surface area (TPSA) is 98.9 Å². The van der Waals surface area contributed by atoms with Crippen molar-refractivity contribution in [1.29, 1.82) is 0 Å². The number of fused-ring (bicyclic) bond motifs is 2. The normalized spacial score (nSPS) is 14.7. The van der Waals surface area contributed by atoms with Crippen LogP contribution in [0.25, 0.3) is 11.0 Å². The van der Waals surface area contributed by atoms with Gasteiger partial charge in [0.1, 0.15) is 16.2 Å². The molecule has 0 N–H and O–H groups in total. The summed E-state index contributed by atoms with van der Waals surface area (Å²) >= 11 is 1.06. The number of anilines is 1. The van der Waals surface area contributed by atoms with Crippen LogP contribution in [0.4, 0.5) is 5.13 Å². The van der Waals surface area contributed by atoms with E-state index in [0.717, 1.165) is 29.7 Å². The second kappa shape index (κ2) is 10.4. The van der Waals surface area contributed by atoms with Gasteiger partial charge in [0.2, 0.25) is 5.76 Å². The van der Waals surface area contributed by atoms with Gasteiger partial charge in [-0.25, -0.2) is 9.78 Å². The monoisotopic (exact) mass is 532 g/mol. The van der Waals surface area contributed by atoms with E-state index in [0.29, 0.717) is 39.5 Å². The van der Waals surface area contributed by atoms with Gasteiger partial charge in [-0.05, 0) is 57.0 Å². The fourth-order valence-electron chi connectivity index (χ4n) is 4.55. The van der Waals surface area contributed by atoms with E-state index in [1.165, 1.54) is 4.90 Å². The first-order chi connectivity index (χ1) is 18.3. The third kappa shape index (κ3) is 4.47. The summed E-state index contributed by atoms with van der Waals surface area (Å²) in [5, 5.41) is 0.695. The Bertz CT molecular complexity index is 1590. The molecule has 5 rings (SSSR count). The Kier molecular flexibility index (Phi) is 7.03. The Morgan fingerprint density at radius 1 is 1.11 bits per heavy atom. The molecule has 0 bridgehead atoms. The lowest BCUT2D eigenvalue weighted by Gasteiger charge is -2.22. The molecule has 2 aromatic carbocycles. The first-order valence-electron chi connectivity index (χ1n) is 12.6. The number of amides is 1. The van der Waals surface area contributed by atoms with Crippen LogP contribution in [0.5, 0.6) is 5.75 Å². The van der Waals surface area contributed by atoms with Gasteiger partial charge in [-0.3, -0.25) is 14.5 Å². The summed E-state index contributed by atoms with van der Waals surface area (Å²) in [6.07, 6.45) is 1.97. The van der Waals surface area contributed by atoms with Crippen LogP contribution in [0.2, 0.25) is 0 Å². The van der Waals surface area contributed by atoms with Crippen LogP contribution < -0.4 is 15.1 Å². The molecule has 0 fully saturated rings. The number of aryl methyl sites for hydroxylation is 2. The molecule has 4 aromatic rings. The predicted molar refractivity (Wildman–Crippen MR) is 146 cm³/mol. The van der Waals surface area contributed by atoms with Gasteiger partial charge in [0, 0.05) is 0 Å². The van der Waals surface area contributed by atoms with E-state index in [4.69, 9.17) is 13.9 Å². The largest absolute Gasteiger partial charge is 0.494 e. The van der Waals surface area contributed by atoms with Gasteiger partial charge < -0.3 is 13.9 Å². The van der Waals surface area contributed by atoms with Gasteiger partial charge in [-0.2, -0.15) is 0 Å². The van der Waals surface area contributed by atoms with Gasteiger partial charge in [0.15, 0.2) is 10.6 Å². The van der Waals surface area contributed by atoms with Crippen molar-refractivity contribution in [2.45, 2.75) is 46.6 Å². The highest BCUT2D eigenvalue weighted by Crippen LogP contribution is 2.43. The highest BCUT2D eigenvalue weighted by Gasteiger charge is 2.45. The minimum atomic E-state index is -0.788. The van der Waals surface area contributed by atoms with Crippen molar-refractivity contribution < 1.29 is 23.5 Å². The molecule has 38 heavy (non-hydrogen) atoms. The zero-order valence-electron chi connectivity index (χ0n) is 21.7. The molecule has 196 valence electrons. The molecule has 0 saturated carbocycles. The number of carbonyl (C=O) groups excluding carboxylic acids is 2. The number of benzene rings is 2. The standard InChI is InChI=1S/C29H28N2O6S/c1-5-7-14-36-19-11-9-18(10-12-19)23-22-24(32)20-15-16(3)8-13-21(20)37-25(22)27(33)31(23)29-30-17(4)26(38-29)28(34)35-6-2/h8-13,15,23H,5-7,14H2,1-4H3. The highest BCUT2D eigenvalue weighted by atomic mass is 32.1. The van der Waals surface area contributed by atoms with E-state index >= 15 is 0 Å². The van der Waals surface area contributed by atoms with Crippen molar-refractivity contribution in [2.24, 2.45) is 0 Å². The maximum atomic E-state index is 13.8. The van der Waals surface area contributed by atoms with Gasteiger partial charge in [-0.15, -0.1) is 0 Å². The van der Waals surface area contributed by atoms with E-state index in [1.54, 1.807) is 26.0 Å². The molecule has 8 nitrogen and oxygen atoms in total. The van der Waals surface area contributed by atoms with Gasteiger partial charge in [0.05, 0.1) is 35.9 Å². The minimum absolute atomic E-state index is 0.0230. The predicted octanol–water partition coefficient (Wildman–Crippen LogP) is 5.97. The average Bonchev–Trinajstić information content (AvgIpc) is 3.42. The first-order valence-corrected chi connectivity index (χ1v) is 13.4. The summed E-state index contributed by atoms with van der Waals surface area (Å²) in [5.41, 5.74) is 2.38. The SMILES string of the molecule is CCCCOc1ccc(C2c3c(oc4ccc(C)cc4c3=O)C(=O)N2c2nc(C)c(C(=O)OCC)s2)cc1. The van der Waals surface area contributed by atoms with E-state index in [9.17, 15) is 14.4 Å². The zero-order valence-corrected chi connectivity index (χ0v) is 22.5. The molecule has 1 amide bonds. The third-order valence-corrected chi connectivity index (χ3v) is 7.58. The van der Waals surface area contributed by atoms with E-state index < -0.39 is 17.9 Å². The number of hydrogen-bond donors (Lipinski definition) is 0. The summed E-state index contributed by atoms with van der Waals surface area (Å²) in [6, 6.07) is 11.9. The van der Waals surface area contributed by atoms with E-state index in [-0.39, 0.29) is 28.5 Å². The number of thiazole rings is 1. The van der Waals surface area contributed by atoms with Gasteiger partial charge in [0.25, 0.3) is 5.91 Å². The van der Waals surface area contributed by atoms with Crippen LogP contribution in [-0.4, -0.2) is 30.1 Å². The minimum Gasteiger partial charge on any atom is -0.494 e. The molecule has 0 spiro atoms. The third-order valence-electron chi connectivity index (χ3n) is 6.44. The van der Waals surface area contributed by atoms with Crippen LogP contribution in [0.1, 0.15) is 75.3 Å². The Hall–Kier alpha value is -3.98. The number of rotatable bonds is 8. The summed E-state index contributed by atoms with van der Waals surface area (Å²) in [7, 11) is 0. The molecule has 1 aliphatic heterocycles. The summed E-state index contributed by atoms with van der Waals surface area (Å²) < 4.78 is 17.0. The fraction of sp³-hybridized carbons (Fsp3) is 0.310. The lowest BCUT2D eigenvalue weighted by molar-refractivity contribution is 0.0531. The zero-order chi connectivity index (χ0) is 27.0.